The SMILES string of the molecule is CCCC[C@H](NC(=O)C1CC2CC2C1)C(=O)O. The summed E-state index contributed by atoms with van der Waals surface area (Å²) in [4.78, 5) is 22.9. The molecule has 0 radical (unpaired) electrons. The lowest BCUT2D eigenvalue weighted by atomic mass is 10.0. The molecule has 96 valence electrons. The number of hydrogen-bond acceptors (Lipinski definition) is 2. The Kier molecular flexibility index (Phi) is 3.69. The van der Waals surface area contributed by atoms with E-state index in [-0.39, 0.29) is 11.8 Å². The summed E-state index contributed by atoms with van der Waals surface area (Å²) < 4.78 is 0. The lowest BCUT2D eigenvalue weighted by Gasteiger charge is -2.17. The molecule has 0 saturated heterocycles. The third-order valence-corrected chi connectivity index (χ3v) is 4.08. The van der Waals surface area contributed by atoms with Crippen LogP contribution < -0.4 is 5.32 Å². The van der Waals surface area contributed by atoms with Gasteiger partial charge < -0.3 is 10.4 Å². The zero-order valence-corrected chi connectivity index (χ0v) is 10.3. The van der Waals surface area contributed by atoms with E-state index >= 15 is 0 Å². The lowest BCUT2D eigenvalue weighted by Crippen LogP contribution is -2.43. The van der Waals surface area contributed by atoms with Crippen LogP contribution in [0.5, 0.6) is 0 Å². The van der Waals surface area contributed by atoms with Crippen LogP contribution in [-0.4, -0.2) is 23.0 Å². The fourth-order valence-electron chi connectivity index (χ4n) is 2.88. The van der Waals surface area contributed by atoms with E-state index in [4.69, 9.17) is 5.11 Å². The Balaban J connectivity index is 1.80. The fraction of sp³-hybridized carbons (Fsp3) is 0.846. The quantitative estimate of drug-likeness (QED) is 0.742. The van der Waals surface area contributed by atoms with Gasteiger partial charge in [0, 0.05) is 5.92 Å². The van der Waals surface area contributed by atoms with Crippen molar-refractivity contribution in [1.82, 2.24) is 5.32 Å². The van der Waals surface area contributed by atoms with Gasteiger partial charge in [0.2, 0.25) is 5.91 Å². The molecular weight excluding hydrogens is 218 g/mol. The van der Waals surface area contributed by atoms with E-state index < -0.39 is 12.0 Å². The number of hydrogen-bond donors (Lipinski definition) is 2. The van der Waals surface area contributed by atoms with Crippen molar-refractivity contribution in [2.24, 2.45) is 17.8 Å². The van der Waals surface area contributed by atoms with E-state index in [0.717, 1.165) is 37.5 Å². The molecule has 0 bridgehead atoms. The van der Waals surface area contributed by atoms with Gasteiger partial charge >= 0.3 is 5.97 Å². The second kappa shape index (κ2) is 5.07. The molecule has 2 aliphatic rings. The Labute approximate surface area is 102 Å². The highest BCUT2D eigenvalue weighted by Crippen LogP contribution is 2.54. The number of carboxylic acid groups (broad SMARTS) is 1. The van der Waals surface area contributed by atoms with E-state index in [1.165, 1.54) is 6.42 Å². The summed E-state index contributed by atoms with van der Waals surface area (Å²) in [6.45, 7) is 2.02. The van der Waals surface area contributed by atoms with Crippen molar-refractivity contribution < 1.29 is 14.7 Å². The summed E-state index contributed by atoms with van der Waals surface area (Å²) in [5.74, 6) is 0.632. The van der Waals surface area contributed by atoms with Crippen LogP contribution in [0.3, 0.4) is 0 Å². The molecule has 0 spiro atoms. The molecule has 3 atom stereocenters. The van der Waals surface area contributed by atoms with Gasteiger partial charge in [0.25, 0.3) is 0 Å². The Morgan fingerprint density at radius 2 is 1.94 bits per heavy atom. The van der Waals surface area contributed by atoms with E-state index in [1.54, 1.807) is 0 Å². The maximum Gasteiger partial charge on any atom is 0.326 e. The normalized spacial score (nSPS) is 31.7. The Morgan fingerprint density at radius 3 is 2.47 bits per heavy atom. The van der Waals surface area contributed by atoms with E-state index in [1.807, 2.05) is 6.92 Å². The van der Waals surface area contributed by atoms with Crippen molar-refractivity contribution in [3.63, 3.8) is 0 Å². The minimum atomic E-state index is -0.907. The van der Waals surface area contributed by atoms with E-state index in [0.29, 0.717) is 6.42 Å². The number of unbranched alkanes of at least 4 members (excludes halogenated alkanes) is 1. The zero-order valence-electron chi connectivity index (χ0n) is 10.3. The fourth-order valence-corrected chi connectivity index (χ4v) is 2.88. The Bertz CT molecular complexity index is 306. The minimum Gasteiger partial charge on any atom is -0.480 e. The first-order valence-corrected chi connectivity index (χ1v) is 6.65. The number of fused-ring (bicyclic) bond motifs is 1. The van der Waals surface area contributed by atoms with E-state index in [9.17, 15) is 9.59 Å². The largest absolute Gasteiger partial charge is 0.480 e. The first-order valence-electron chi connectivity index (χ1n) is 6.65. The maximum atomic E-state index is 11.9. The molecule has 1 amide bonds. The topological polar surface area (TPSA) is 66.4 Å². The standard InChI is InChI=1S/C13H21NO3/c1-2-3-4-11(13(16)17)14-12(15)10-6-8-5-9(8)7-10/h8-11H,2-7H2,1H3,(H,14,15)(H,16,17)/t8?,9?,10?,11-/m0/s1. The molecule has 2 aliphatic carbocycles. The van der Waals surface area contributed by atoms with Gasteiger partial charge in [-0.3, -0.25) is 4.79 Å². The zero-order chi connectivity index (χ0) is 12.4. The third kappa shape index (κ3) is 2.99. The average molecular weight is 239 g/mol. The predicted octanol–water partition coefficient (Wildman–Crippen LogP) is 1.79. The van der Waals surface area contributed by atoms with Crippen LogP contribution in [0, 0.1) is 17.8 Å². The van der Waals surface area contributed by atoms with Crippen molar-refractivity contribution in [3.8, 4) is 0 Å². The van der Waals surface area contributed by atoms with E-state index in [2.05, 4.69) is 5.32 Å². The molecule has 2 fully saturated rings. The van der Waals surface area contributed by atoms with Gasteiger partial charge in [0.1, 0.15) is 6.04 Å². The van der Waals surface area contributed by atoms with Gasteiger partial charge in [-0.2, -0.15) is 0 Å². The second-order valence-corrected chi connectivity index (χ2v) is 5.47. The summed E-state index contributed by atoms with van der Waals surface area (Å²) in [6, 6.07) is -0.695. The number of rotatable bonds is 6. The molecule has 2 N–H and O–H groups in total. The van der Waals surface area contributed by atoms with Gasteiger partial charge in [-0.05, 0) is 37.5 Å². The Morgan fingerprint density at radius 1 is 1.29 bits per heavy atom. The average Bonchev–Trinajstić information content (AvgIpc) is 2.90. The van der Waals surface area contributed by atoms with Gasteiger partial charge in [0.05, 0.1) is 0 Å². The minimum absolute atomic E-state index is 0.0410. The molecule has 0 aromatic heterocycles. The first kappa shape index (κ1) is 12.4. The molecule has 4 nitrogen and oxygen atoms in total. The molecule has 17 heavy (non-hydrogen) atoms. The highest BCUT2D eigenvalue weighted by Gasteiger charge is 2.48. The second-order valence-electron chi connectivity index (χ2n) is 5.47. The molecule has 0 heterocycles. The van der Waals surface area contributed by atoms with Gasteiger partial charge in [-0.1, -0.05) is 19.8 Å². The van der Waals surface area contributed by atoms with Crippen LogP contribution in [0.25, 0.3) is 0 Å². The van der Waals surface area contributed by atoms with Gasteiger partial charge in [-0.25, -0.2) is 4.79 Å². The molecule has 2 unspecified atom stereocenters. The number of aliphatic carboxylic acids is 1. The van der Waals surface area contributed by atoms with Crippen LogP contribution in [0.15, 0.2) is 0 Å². The molecule has 0 aromatic rings. The summed E-state index contributed by atoms with van der Waals surface area (Å²) in [6.07, 6.45) is 5.55. The van der Waals surface area contributed by atoms with Crippen LogP contribution in [0.4, 0.5) is 0 Å². The van der Waals surface area contributed by atoms with Crippen LogP contribution in [-0.2, 0) is 9.59 Å². The number of carbonyl (C=O) groups is 2. The summed E-state index contributed by atoms with van der Waals surface area (Å²) in [7, 11) is 0. The third-order valence-electron chi connectivity index (χ3n) is 4.08. The maximum absolute atomic E-state index is 11.9. The van der Waals surface area contributed by atoms with Crippen molar-refractivity contribution in [2.75, 3.05) is 0 Å². The summed E-state index contributed by atoms with van der Waals surface area (Å²) in [5, 5.41) is 11.7. The number of carbonyl (C=O) groups excluding carboxylic acids is 1. The Hall–Kier alpha value is -1.06. The number of amides is 1. The van der Waals surface area contributed by atoms with Gasteiger partial charge in [0.15, 0.2) is 0 Å². The molecular formula is C13H21NO3. The van der Waals surface area contributed by atoms with Crippen molar-refractivity contribution >= 4 is 11.9 Å². The molecule has 4 heteroatoms. The highest BCUT2D eigenvalue weighted by atomic mass is 16.4. The number of carboxylic acids is 1. The molecule has 2 saturated carbocycles. The molecule has 0 aliphatic heterocycles. The summed E-state index contributed by atoms with van der Waals surface area (Å²) in [5.41, 5.74) is 0. The van der Waals surface area contributed by atoms with Gasteiger partial charge in [-0.15, -0.1) is 0 Å². The molecule has 0 aromatic carbocycles. The van der Waals surface area contributed by atoms with Crippen molar-refractivity contribution in [2.45, 2.75) is 51.5 Å². The smallest absolute Gasteiger partial charge is 0.326 e. The van der Waals surface area contributed by atoms with Crippen LogP contribution >= 0.6 is 0 Å². The monoisotopic (exact) mass is 239 g/mol. The van der Waals surface area contributed by atoms with Crippen LogP contribution in [0.2, 0.25) is 0 Å². The first-order chi connectivity index (χ1) is 8.11. The lowest BCUT2D eigenvalue weighted by molar-refractivity contribution is -0.142. The number of nitrogens with one attached hydrogen (secondary N) is 1. The highest BCUT2D eigenvalue weighted by molar-refractivity contribution is 5.85. The van der Waals surface area contributed by atoms with Crippen molar-refractivity contribution in [3.05, 3.63) is 0 Å². The van der Waals surface area contributed by atoms with Crippen LogP contribution in [0.1, 0.15) is 45.4 Å². The predicted molar refractivity (Wildman–Crippen MR) is 63.4 cm³/mol. The molecule has 2 rings (SSSR count). The van der Waals surface area contributed by atoms with Crippen molar-refractivity contribution in [1.29, 1.82) is 0 Å². The summed E-state index contributed by atoms with van der Waals surface area (Å²) >= 11 is 0.